The molecule has 0 atom stereocenters. The van der Waals surface area contributed by atoms with Gasteiger partial charge in [0, 0.05) is 5.57 Å². The summed E-state index contributed by atoms with van der Waals surface area (Å²) in [5, 5.41) is 8.55. The van der Waals surface area contributed by atoms with Crippen LogP contribution >= 0.6 is 0 Å². The molecule has 108 valence electrons. The van der Waals surface area contributed by atoms with Gasteiger partial charge in [-0.3, -0.25) is 0 Å². The Bertz CT molecular complexity index is 345. The molecule has 0 amide bonds. The first kappa shape index (κ1) is 17.8. The summed E-state index contributed by atoms with van der Waals surface area (Å²) in [6.07, 6.45) is 5.42. The number of rotatable bonds is 8. The average Bonchev–Trinajstić information content (AvgIpc) is 2.34. The van der Waals surface area contributed by atoms with E-state index in [-0.39, 0.29) is 5.57 Å². The van der Waals surface area contributed by atoms with Crippen LogP contribution in [0.2, 0.25) is 0 Å². The van der Waals surface area contributed by atoms with Crippen LogP contribution < -0.4 is 0 Å². The summed E-state index contributed by atoms with van der Waals surface area (Å²) < 4.78 is 37.8. The fraction of sp³-hybridized carbons (Fsp3) is 0.667. The summed E-state index contributed by atoms with van der Waals surface area (Å²) in [5.74, 6) is 0. The molecular weight excluding hydrogens is 251 g/mol. The number of hydrogen-bond acceptors (Lipinski definition) is 1. The minimum atomic E-state index is -4.45. The van der Waals surface area contributed by atoms with E-state index in [1.807, 2.05) is 0 Å². The second kappa shape index (κ2) is 9.66. The Kier molecular flexibility index (Phi) is 9.03. The molecule has 0 aromatic carbocycles. The maximum atomic E-state index is 12.6. The van der Waals surface area contributed by atoms with Gasteiger partial charge in [0.1, 0.15) is 0 Å². The van der Waals surface area contributed by atoms with Crippen molar-refractivity contribution in [2.24, 2.45) is 0 Å². The van der Waals surface area contributed by atoms with Crippen LogP contribution in [0.1, 0.15) is 58.8 Å². The van der Waals surface area contributed by atoms with Crippen molar-refractivity contribution < 1.29 is 13.2 Å². The molecule has 0 aliphatic heterocycles. The van der Waals surface area contributed by atoms with Gasteiger partial charge < -0.3 is 0 Å². The Morgan fingerprint density at radius 1 is 1.11 bits per heavy atom. The zero-order chi connectivity index (χ0) is 14.7. The quantitative estimate of drug-likeness (QED) is 0.316. The van der Waals surface area contributed by atoms with Crippen LogP contribution in [0.15, 0.2) is 23.3 Å². The molecule has 1 nitrogen and oxygen atoms in total. The third-order valence-corrected chi connectivity index (χ3v) is 2.89. The fourth-order valence-corrected chi connectivity index (χ4v) is 1.74. The van der Waals surface area contributed by atoms with Gasteiger partial charge in [0.2, 0.25) is 0 Å². The van der Waals surface area contributed by atoms with Gasteiger partial charge in [0.15, 0.2) is 0 Å². The Morgan fingerprint density at radius 2 is 1.68 bits per heavy atom. The number of halogens is 3. The van der Waals surface area contributed by atoms with E-state index in [9.17, 15) is 13.2 Å². The molecule has 0 spiro atoms. The van der Waals surface area contributed by atoms with E-state index in [0.29, 0.717) is 6.42 Å². The molecule has 0 bridgehead atoms. The first-order valence-corrected chi connectivity index (χ1v) is 6.78. The maximum Gasteiger partial charge on any atom is 0.417 e. The lowest BCUT2D eigenvalue weighted by Crippen LogP contribution is -2.11. The van der Waals surface area contributed by atoms with E-state index < -0.39 is 11.7 Å². The van der Waals surface area contributed by atoms with Crippen LogP contribution in [0.4, 0.5) is 13.2 Å². The fourth-order valence-electron chi connectivity index (χ4n) is 1.74. The zero-order valence-electron chi connectivity index (χ0n) is 11.7. The molecule has 0 fully saturated rings. The predicted molar refractivity (Wildman–Crippen MR) is 71.5 cm³/mol. The highest BCUT2D eigenvalue weighted by atomic mass is 19.4. The van der Waals surface area contributed by atoms with E-state index in [1.54, 1.807) is 6.07 Å². The largest absolute Gasteiger partial charge is 0.417 e. The average molecular weight is 273 g/mol. The smallest absolute Gasteiger partial charge is 0.193 e. The molecule has 0 saturated carbocycles. The van der Waals surface area contributed by atoms with Crippen LogP contribution in [0.5, 0.6) is 0 Å². The van der Waals surface area contributed by atoms with Crippen molar-refractivity contribution in [1.29, 1.82) is 5.26 Å². The summed E-state index contributed by atoms with van der Waals surface area (Å²) in [6, 6.07) is 1.56. The van der Waals surface area contributed by atoms with Gasteiger partial charge in [-0.25, -0.2) is 0 Å². The molecule has 0 aliphatic carbocycles. The summed E-state index contributed by atoms with van der Waals surface area (Å²) in [4.78, 5) is 0. The maximum absolute atomic E-state index is 12.6. The Hall–Kier alpha value is -1.24. The molecule has 0 N–H and O–H groups in total. The lowest BCUT2D eigenvalue weighted by atomic mass is 10.1. The summed E-state index contributed by atoms with van der Waals surface area (Å²) in [6.45, 7) is 3.34. The third-order valence-electron chi connectivity index (χ3n) is 2.89. The molecule has 4 heteroatoms. The van der Waals surface area contributed by atoms with Gasteiger partial charge in [-0.05, 0) is 19.8 Å². The molecule has 0 rings (SSSR count). The molecule has 0 aromatic rings. The molecule has 0 radical (unpaired) electrons. The van der Waals surface area contributed by atoms with E-state index >= 15 is 0 Å². The highest BCUT2D eigenvalue weighted by Crippen LogP contribution is 2.29. The normalized spacial score (nSPS) is 13.5. The standard InChI is InChI=1S/C15H22F3N/c1-3-4-5-6-7-8-9-10-11-14(13(2)12-19)15(16,17)18/h10-11H,3-9H2,1-2H3/b11-10+,14-13-. The molecule has 0 unspecified atom stereocenters. The van der Waals surface area contributed by atoms with Crippen molar-refractivity contribution in [3.05, 3.63) is 23.3 Å². The van der Waals surface area contributed by atoms with Crippen molar-refractivity contribution in [3.63, 3.8) is 0 Å². The summed E-state index contributed by atoms with van der Waals surface area (Å²) in [7, 11) is 0. The monoisotopic (exact) mass is 273 g/mol. The molecular formula is C15H22F3N. The first-order chi connectivity index (χ1) is 8.93. The summed E-state index contributed by atoms with van der Waals surface area (Å²) in [5.41, 5.74) is -1.12. The van der Waals surface area contributed by atoms with E-state index in [2.05, 4.69) is 6.92 Å². The molecule has 0 aliphatic rings. The number of nitriles is 1. The van der Waals surface area contributed by atoms with E-state index in [4.69, 9.17) is 5.26 Å². The Balaban J connectivity index is 4.13. The Labute approximate surface area is 113 Å². The van der Waals surface area contributed by atoms with Crippen LogP contribution in [-0.2, 0) is 0 Å². The number of hydrogen-bond donors (Lipinski definition) is 0. The predicted octanol–water partition coefficient (Wildman–Crippen LogP) is 5.70. The van der Waals surface area contributed by atoms with Gasteiger partial charge in [0.25, 0.3) is 0 Å². The van der Waals surface area contributed by atoms with Gasteiger partial charge in [0.05, 0.1) is 11.6 Å². The zero-order valence-corrected chi connectivity index (χ0v) is 11.7. The van der Waals surface area contributed by atoms with Crippen molar-refractivity contribution in [2.45, 2.75) is 65.0 Å². The van der Waals surface area contributed by atoms with Crippen molar-refractivity contribution in [2.75, 3.05) is 0 Å². The lowest BCUT2D eigenvalue weighted by molar-refractivity contribution is -0.0887. The number of alkyl halides is 3. The highest BCUT2D eigenvalue weighted by molar-refractivity contribution is 5.36. The Morgan fingerprint density at radius 3 is 2.21 bits per heavy atom. The molecule has 0 saturated heterocycles. The topological polar surface area (TPSA) is 23.8 Å². The van der Waals surface area contributed by atoms with E-state index in [0.717, 1.165) is 25.3 Å². The molecule has 0 aromatic heterocycles. The van der Waals surface area contributed by atoms with Crippen LogP contribution in [-0.4, -0.2) is 6.18 Å². The van der Waals surface area contributed by atoms with Gasteiger partial charge in [-0.15, -0.1) is 0 Å². The van der Waals surface area contributed by atoms with Crippen molar-refractivity contribution in [1.82, 2.24) is 0 Å². The molecule has 0 heterocycles. The number of allylic oxidation sites excluding steroid dienone is 4. The number of unbranched alkanes of at least 4 members (excludes halogenated alkanes) is 6. The lowest BCUT2D eigenvalue weighted by Gasteiger charge is -2.08. The second-order valence-electron chi connectivity index (χ2n) is 4.61. The van der Waals surface area contributed by atoms with Crippen LogP contribution in [0.25, 0.3) is 0 Å². The highest BCUT2D eigenvalue weighted by Gasteiger charge is 2.33. The van der Waals surface area contributed by atoms with Crippen LogP contribution in [0.3, 0.4) is 0 Å². The van der Waals surface area contributed by atoms with Crippen LogP contribution in [0, 0.1) is 11.3 Å². The minimum absolute atomic E-state index is 0.285. The summed E-state index contributed by atoms with van der Waals surface area (Å²) >= 11 is 0. The van der Waals surface area contributed by atoms with Crippen molar-refractivity contribution >= 4 is 0 Å². The number of nitrogens with zero attached hydrogens (tertiary/aromatic N) is 1. The van der Waals surface area contributed by atoms with Gasteiger partial charge >= 0.3 is 6.18 Å². The first-order valence-electron chi connectivity index (χ1n) is 6.78. The van der Waals surface area contributed by atoms with Gasteiger partial charge in [-0.2, -0.15) is 18.4 Å². The second-order valence-corrected chi connectivity index (χ2v) is 4.61. The molecule has 19 heavy (non-hydrogen) atoms. The third kappa shape index (κ3) is 8.47. The van der Waals surface area contributed by atoms with E-state index in [1.165, 1.54) is 32.3 Å². The van der Waals surface area contributed by atoms with Gasteiger partial charge in [-0.1, -0.05) is 51.2 Å². The minimum Gasteiger partial charge on any atom is -0.193 e. The SMILES string of the molecule is CCCCCCCC/C=C/C(=C(\C)C#N)C(F)(F)F. The van der Waals surface area contributed by atoms with Crippen molar-refractivity contribution in [3.8, 4) is 6.07 Å².